The minimum atomic E-state index is 0.548. The molecule has 19 heavy (non-hydrogen) atoms. The predicted molar refractivity (Wildman–Crippen MR) is 73.9 cm³/mol. The van der Waals surface area contributed by atoms with E-state index in [9.17, 15) is 0 Å². The number of aromatic nitrogens is 2. The summed E-state index contributed by atoms with van der Waals surface area (Å²) >= 11 is 0. The van der Waals surface area contributed by atoms with Crippen molar-refractivity contribution in [1.82, 2.24) is 15.5 Å². The van der Waals surface area contributed by atoms with Gasteiger partial charge in [-0.25, -0.2) is 0 Å². The maximum atomic E-state index is 5.88. The van der Waals surface area contributed by atoms with E-state index in [-0.39, 0.29) is 0 Å². The van der Waals surface area contributed by atoms with Gasteiger partial charge in [0.25, 0.3) is 0 Å². The topological polar surface area (TPSA) is 51.0 Å². The van der Waals surface area contributed by atoms with Crippen LogP contribution in [-0.2, 0) is 6.42 Å². The lowest BCUT2D eigenvalue weighted by atomic mass is 9.89. The lowest BCUT2D eigenvalue weighted by Gasteiger charge is -2.17. The van der Waals surface area contributed by atoms with Crippen LogP contribution in [0.3, 0.4) is 0 Å². The van der Waals surface area contributed by atoms with E-state index in [1.54, 1.807) is 0 Å². The summed E-state index contributed by atoms with van der Waals surface area (Å²) in [7, 11) is 0. The summed E-state index contributed by atoms with van der Waals surface area (Å²) in [5, 5.41) is 11.9. The molecule has 0 aromatic carbocycles. The number of rotatable bonds is 6. The standard InChI is InChI=1S/C15H25N3O/c1-10(2)16-7-3-4-14-17-18-15(19-14)13-9-11-5-6-12(13)8-11/h10-13,16H,3-9H2,1-2H3. The van der Waals surface area contributed by atoms with Crippen molar-refractivity contribution in [3.63, 3.8) is 0 Å². The first kappa shape index (κ1) is 13.1. The minimum absolute atomic E-state index is 0.548. The molecule has 4 nitrogen and oxygen atoms in total. The SMILES string of the molecule is CC(C)NCCCc1nnc(C2CC3CCC2C3)o1. The highest BCUT2D eigenvalue weighted by Gasteiger charge is 2.42. The maximum Gasteiger partial charge on any atom is 0.219 e. The first-order chi connectivity index (χ1) is 9.22. The van der Waals surface area contributed by atoms with E-state index in [1.807, 2.05) is 0 Å². The van der Waals surface area contributed by atoms with Crippen LogP contribution in [0.15, 0.2) is 4.42 Å². The van der Waals surface area contributed by atoms with Crippen LogP contribution in [0.1, 0.15) is 63.7 Å². The van der Waals surface area contributed by atoms with Crippen molar-refractivity contribution in [2.75, 3.05) is 6.54 Å². The first-order valence-electron chi connectivity index (χ1n) is 7.78. The van der Waals surface area contributed by atoms with Crippen LogP contribution in [0.5, 0.6) is 0 Å². The summed E-state index contributed by atoms with van der Waals surface area (Å²) in [6, 6.07) is 0.548. The monoisotopic (exact) mass is 263 g/mol. The van der Waals surface area contributed by atoms with Gasteiger partial charge >= 0.3 is 0 Å². The normalized spacial score (nSPS) is 29.5. The second kappa shape index (κ2) is 5.61. The molecule has 106 valence electrons. The third-order valence-electron chi connectivity index (χ3n) is 4.66. The van der Waals surface area contributed by atoms with Crippen molar-refractivity contribution in [3.8, 4) is 0 Å². The van der Waals surface area contributed by atoms with E-state index < -0.39 is 0 Å². The molecule has 0 aliphatic heterocycles. The fourth-order valence-electron chi connectivity index (χ4n) is 3.69. The number of aryl methyl sites for hydroxylation is 1. The van der Waals surface area contributed by atoms with Crippen LogP contribution in [0, 0.1) is 11.8 Å². The van der Waals surface area contributed by atoms with Crippen molar-refractivity contribution in [3.05, 3.63) is 11.8 Å². The average molecular weight is 263 g/mol. The Morgan fingerprint density at radius 2 is 2.16 bits per heavy atom. The fraction of sp³-hybridized carbons (Fsp3) is 0.867. The summed E-state index contributed by atoms with van der Waals surface area (Å²) in [6.07, 6.45) is 7.42. The van der Waals surface area contributed by atoms with Gasteiger partial charge in [0, 0.05) is 18.4 Å². The average Bonchev–Trinajstić information content (AvgIpc) is 3.09. The molecule has 2 saturated carbocycles. The molecule has 0 amide bonds. The summed E-state index contributed by atoms with van der Waals surface area (Å²) < 4.78 is 5.88. The zero-order chi connectivity index (χ0) is 13.2. The van der Waals surface area contributed by atoms with Crippen LogP contribution >= 0.6 is 0 Å². The first-order valence-corrected chi connectivity index (χ1v) is 7.78. The number of hydrogen-bond donors (Lipinski definition) is 1. The molecule has 0 saturated heterocycles. The molecule has 0 radical (unpaired) electrons. The van der Waals surface area contributed by atoms with Gasteiger partial charge in [0.1, 0.15) is 0 Å². The largest absolute Gasteiger partial charge is 0.425 e. The van der Waals surface area contributed by atoms with Crippen molar-refractivity contribution < 1.29 is 4.42 Å². The van der Waals surface area contributed by atoms with Gasteiger partial charge in [-0.1, -0.05) is 20.3 Å². The minimum Gasteiger partial charge on any atom is -0.425 e. The lowest BCUT2D eigenvalue weighted by Crippen LogP contribution is -2.23. The highest BCUT2D eigenvalue weighted by molar-refractivity contribution is 5.04. The van der Waals surface area contributed by atoms with Gasteiger partial charge in [-0.05, 0) is 44.1 Å². The number of nitrogens with one attached hydrogen (secondary N) is 1. The molecule has 2 aliphatic carbocycles. The van der Waals surface area contributed by atoms with E-state index in [1.165, 1.54) is 25.7 Å². The van der Waals surface area contributed by atoms with E-state index in [2.05, 4.69) is 29.4 Å². The van der Waals surface area contributed by atoms with Crippen LogP contribution in [0.4, 0.5) is 0 Å². The van der Waals surface area contributed by atoms with Crippen molar-refractivity contribution in [2.45, 2.75) is 64.3 Å². The number of nitrogens with zero attached hydrogens (tertiary/aromatic N) is 2. The maximum absolute atomic E-state index is 5.88. The summed E-state index contributed by atoms with van der Waals surface area (Å²) in [4.78, 5) is 0. The molecule has 1 N–H and O–H groups in total. The summed E-state index contributed by atoms with van der Waals surface area (Å²) in [5.41, 5.74) is 0. The van der Waals surface area contributed by atoms with Crippen LogP contribution in [-0.4, -0.2) is 22.8 Å². The molecule has 0 spiro atoms. The second-order valence-electron chi connectivity index (χ2n) is 6.53. The molecule has 3 unspecified atom stereocenters. The molecule has 3 rings (SSSR count). The Labute approximate surface area is 115 Å². The lowest BCUT2D eigenvalue weighted by molar-refractivity contribution is 0.334. The van der Waals surface area contributed by atoms with E-state index >= 15 is 0 Å². The van der Waals surface area contributed by atoms with Gasteiger partial charge in [-0.2, -0.15) is 0 Å². The Hall–Kier alpha value is -0.900. The molecule has 1 aromatic heterocycles. The zero-order valence-corrected chi connectivity index (χ0v) is 12.1. The number of hydrogen-bond acceptors (Lipinski definition) is 4. The van der Waals surface area contributed by atoms with Gasteiger partial charge < -0.3 is 9.73 Å². The smallest absolute Gasteiger partial charge is 0.219 e. The van der Waals surface area contributed by atoms with Crippen molar-refractivity contribution >= 4 is 0 Å². The van der Waals surface area contributed by atoms with Crippen LogP contribution < -0.4 is 5.32 Å². The molecule has 3 atom stereocenters. The Bertz CT molecular complexity index is 415. The Kier molecular flexibility index (Phi) is 3.87. The highest BCUT2D eigenvalue weighted by atomic mass is 16.4. The van der Waals surface area contributed by atoms with Crippen molar-refractivity contribution in [1.29, 1.82) is 0 Å². The molecule has 2 bridgehead atoms. The highest BCUT2D eigenvalue weighted by Crippen LogP contribution is 2.52. The quantitative estimate of drug-likeness (QED) is 0.802. The van der Waals surface area contributed by atoms with E-state index in [0.29, 0.717) is 12.0 Å². The fourth-order valence-corrected chi connectivity index (χ4v) is 3.69. The van der Waals surface area contributed by atoms with Crippen molar-refractivity contribution in [2.24, 2.45) is 11.8 Å². The number of fused-ring (bicyclic) bond motifs is 2. The summed E-state index contributed by atoms with van der Waals surface area (Å²) in [6.45, 7) is 5.35. The molecular weight excluding hydrogens is 238 g/mol. The van der Waals surface area contributed by atoms with E-state index in [4.69, 9.17) is 4.42 Å². The Morgan fingerprint density at radius 3 is 2.84 bits per heavy atom. The molecule has 2 fully saturated rings. The molecule has 1 heterocycles. The summed E-state index contributed by atoms with van der Waals surface area (Å²) in [5.74, 6) is 4.05. The molecule has 1 aromatic rings. The Morgan fingerprint density at radius 1 is 1.26 bits per heavy atom. The van der Waals surface area contributed by atoms with Gasteiger partial charge in [-0.3, -0.25) is 0 Å². The van der Waals surface area contributed by atoms with Crippen LogP contribution in [0.25, 0.3) is 0 Å². The molecular formula is C15H25N3O. The van der Waals surface area contributed by atoms with Gasteiger partial charge in [0.05, 0.1) is 0 Å². The predicted octanol–water partition coefficient (Wildman–Crippen LogP) is 2.90. The second-order valence-corrected chi connectivity index (χ2v) is 6.53. The molecule has 4 heteroatoms. The third kappa shape index (κ3) is 2.99. The van der Waals surface area contributed by atoms with Gasteiger partial charge in [0.2, 0.25) is 11.8 Å². The molecule has 2 aliphatic rings. The van der Waals surface area contributed by atoms with Crippen LogP contribution in [0.2, 0.25) is 0 Å². The van der Waals surface area contributed by atoms with Gasteiger partial charge in [0.15, 0.2) is 0 Å². The van der Waals surface area contributed by atoms with Gasteiger partial charge in [-0.15, -0.1) is 10.2 Å². The Balaban J connectivity index is 1.49. The zero-order valence-electron chi connectivity index (χ0n) is 12.1. The third-order valence-corrected chi connectivity index (χ3v) is 4.66. The van der Waals surface area contributed by atoms with E-state index in [0.717, 1.165) is 43.0 Å².